The number of rotatable bonds is 6. The number of hydrogen-bond acceptors (Lipinski definition) is 6. The number of nitrogens with zero attached hydrogens (tertiary/aromatic N) is 1. The van der Waals surface area contributed by atoms with Gasteiger partial charge in [-0.2, -0.15) is 8.42 Å². The van der Waals surface area contributed by atoms with E-state index in [9.17, 15) is 18.0 Å². The van der Waals surface area contributed by atoms with Crippen molar-refractivity contribution in [3.8, 4) is 5.75 Å². The Hall–Kier alpha value is -2.87. The molecule has 0 radical (unpaired) electrons. The molecular formula is C23H27NO6S. The fraction of sp³-hybridized carbons (Fsp3) is 0.391. The number of carbonyl (C=O) groups excluding carboxylic acids is 2. The second-order valence-electron chi connectivity index (χ2n) is 7.81. The molecule has 1 aliphatic rings. The van der Waals surface area contributed by atoms with E-state index >= 15 is 0 Å². The normalized spacial score (nSPS) is 16.6. The lowest BCUT2D eigenvalue weighted by atomic mass is 10.0. The third-order valence-corrected chi connectivity index (χ3v) is 6.75. The molecule has 2 aromatic rings. The van der Waals surface area contributed by atoms with Gasteiger partial charge in [-0.15, -0.1) is 0 Å². The molecule has 1 atom stereocenters. The standard InChI is InChI=1S/C23H27NO6S/c1-16-11-12-17(2)21(14-16)31(27,28)30-20-10-5-4-9-19(20)23(26)29-15-22(25)24-13-7-6-8-18(24)3/h4-5,9-12,14,18H,6-8,13,15H2,1-3H3. The summed E-state index contributed by atoms with van der Waals surface area (Å²) >= 11 is 0. The van der Waals surface area contributed by atoms with E-state index in [1.165, 1.54) is 18.2 Å². The Morgan fingerprint density at radius 1 is 1.10 bits per heavy atom. The molecule has 3 rings (SSSR count). The average Bonchev–Trinajstić information content (AvgIpc) is 2.74. The van der Waals surface area contributed by atoms with Crippen molar-refractivity contribution in [1.29, 1.82) is 0 Å². The summed E-state index contributed by atoms with van der Waals surface area (Å²) in [6.07, 6.45) is 2.92. The smallest absolute Gasteiger partial charge is 0.342 e. The summed E-state index contributed by atoms with van der Waals surface area (Å²) in [5, 5.41) is 0. The number of esters is 1. The maximum absolute atomic E-state index is 12.8. The van der Waals surface area contributed by atoms with Crippen LogP contribution in [0.4, 0.5) is 0 Å². The van der Waals surface area contributed by atoms with Gasteiger partial charge < -0.3 is 13.8 Å². The molecule has 1 heterocycles. The number of aryl methyl sites for hydroxylation is 2. The molecule has 0 aromatic heterocycles. The number of likely N-dealkylation sites (tertiary alicyclic amines) is 1. The summed E-state index contributed by atoms with van der Waals surface area (Å²) in [5.74, 6) is -1.22. The predicted molar refractivity (Wildman–Crippen MR) is 115 cm³/mol. The van der Waals surface area contributed by atoms with Gasteiger partial charge in [0.15, 0.2) is 12.4 Å². The first kappa shape index (κ1) is 22.8. The van der Waals surface area contributed by atoms with Crippen molar-refractivity contribution in [3.63, 3.8) is 0 Å². The zero-order chi connectivity index (χ0) is 22.6. The van der Waals surface area contributed by atoms with E-state index in [2.05, 4.69) is 0 Å². The third-order valence-electron chi connectivity index (χ3n) is 5.37. The molecule has 0 bridgehead atoms. The first-order chi connectivity index (χ1) is 14.7. The van der Waals surface area contributed by atoms with Crippen LogP contribution in [-0.4, -0.2) is 44.4 Å². The minimum atomic E-state index is -4.16. The van der Waals surface area contributed by atoms with Crippen LogP contribution in [0.25, 0.3) is 0 Å². The van der Waals surface area contributed by atoms with E-state index in [0.29, 0.717) is 12.1 Å². The summed E-state index contributed by atoms with van der Waals surface area (Å²) in [7, 11) is -4.16. The SMILES string of the molecule is Cc1ccc(C)c(S(=O)(=O)Oc2ccccc2C(=O)OCC(=O)N2CCCCC2C)c1. The minimum absolute atomic E-state index is 0.0323. The molecule has 0 spiro atoms. The molecular weight excluding hydrogens is 418 g/mol. The lowest BCUT2D eigenvalue weighted by Crippen LogP contribution is -2.44. The molecule has 8 heteroatoms. The van der Waals surface area contributed by atoms with Crippen molar-refractivity contribution < 1.29 is 26.9 Å². The minimum Gasteiger partial charge on any atom is -0.452 e. The summed E-state index contributed by atoms with van der Waals surface area (Å²) in [5.41, 5.74) is 1.24. The highest BCUT2D eigenvalue weighted by Gasteiger charge is 2.26. The van der Waals surface area contributed by atoms with Gasteiger partial charge in [0.05, 0.1) is 0 Å². The zero-order valence-electron chi connectivity index (χ0n) is 18.0. The maximum Gasteiger partial charge on any atom is 0.342 e. The van der Waals surface area contributed by atoms with Gasteiger partial charge >= 0.3 is 16.1 Å². The fourth-order valence-corrected chi connectivity index (χ4v) is 4.87. The molecule has 1 amide bonds. The van der Waals surface area contributed by atoms with Gasteiger partial charge in [0.2, 0.25) is 0 Å². The Labute approximate surface area is 183 Å². The number of ether oxygens (including phenoxy) is 1. The van der Waals surface area contributed by atoms with E-state index in [1.807, 2.05) is 6.92 Å². The van der Waals surface area contributed by atoms with Crippen LogP contribution in [0.1, 0.15) is 47.7 Å². The van der Waals surface area contributed by atoms with Gasteiger partial charge in [0, 0.05) is 12.6 Å². The van der Waals surface area contributed by atoms with E-state index in [-0.39, 0.29) is 28.2 Å². The number of para-hydroxylation sites is 1. The fourth-order valence-electron chi connectivity index (χ4n) is 3.60. The largest absolute Gasteiger partial charge is 0.452 e. The number of benzene rings is 2. The van der Waals surface area contributed by atoms with Crippen LogP contribution in [0.5, 0.6) is 5.75 Å². The predicted octanol–water partition coefficient (Wildman–Crippen LogP) is 3.63. The van der Waals surface area contributed by atoms with Gasteiger partial charge in [-0.05, 0) is 69.4 Å². The average molecular weight is 446 g/mol. The molecule has 166 valence electrons. The van der Waals surface area contributed by atoms with Crippen LogP contribution in [0, 0.1) is 13.8 Å². The summed E-state index contributed by atoms with van der Waals surface area (Å²) in [4.78, 5) is 26.8. The van der Waals surface area contributed by atoms with E-state index in [1.54, 1.807) is 43.0 Å². The van der Waals surface area contributed by atoms with Gasteiger partial charge in [0.1, 0.15) is 10.5 Å². The van der Waals surface area contributed by atoms with E-state index < -0.39 is 22.7 Å². The Morgan fingerprint density at radius 2 is 1.84 bits per heavy atom. The first-order valence-electron chi connectivity index (χ1n) is 10.3. The molecule has 0 aliphatic carbocycles. The quantitative estimate of drug-likeness (QED) is 0.498. The number of amides is 1. The highest BCUT2D eigenvalue weighted by atomic mass is 32.2. The van der Waals surface area contributed by atoms with Crippen molar-refractivity contribution in [1.82, 2.24) is 4.90 Å². The van der Waals surface area contributed by atoms with Crippen LogP contribution >= 0.6 is 0 Å². The van der Waals surface area contributed by atoms with Crippen molar-refractivity contribution in [3.05, 3.63) is 59.2 Å². The summed E-state index contributed by atoms with van der Waals surface area (Å²) < 4.78 is 36.1. The van der Waals surface area contributed by atoms with Crippen molar-refractivity contribution in [2.24, 2.45) is 0 Å². The second kappa shape index (κ2) is 9.51. The van der Waals surface area contributed by atoms with Gasteiger partial charge in [0.25, 0.3) is 5.91 Å². The van der Waals surface area contributed by atoms with Crippen molar-refractivity contribution >= 4 is 22.0 Å². The van der Waals surface area contributed by atoms with Crippen LogP contribution in [-0.2, 0) is 19.6 Å². The monoisotopic (exact) mass is 445 g/mol. The molecule has 7 nitrogen and oxygen atoms in total. The highest BCUT2D eigenvalue weighted by Crippen LogP contribution is 2.26. The first-order valence-corrected chi connectivity index (χ1v) is 11.7. The van der Waals surface area contributed by atoms with Crippen molar-refractivity contribution in [2.45, 2.75) is 51.0 Å². The second-order valence-corrected chi connectivity index (χ2v) is 9.33. The Morgan fingerprint density at radius 3 is 2.58 bits per heavy atom. The number of hydrogen-bond donors (Lipinski definition) is 0. The molecule has 0 N–H and O–H groups in total. The molecule has 0 saturated carbocycles. The lowest BCUT2D eigenvalue weighted by molar-refractivity contribution is -0.137. The number of piperidine rings is 1. The van der Waals surface area contributed by atoms with Crippen LogP contribution in [0.2, 0.25) is 0 Å². The molecule has 1 saturated heterocycles. The Kier molecular flexibility index (Phi) is 7.00. The van der Waals surface area contributed by atoms with Crippen LogP contribution in [0.15, 0.2) is 47.4 Å². The molecule has 1 fully saturated rings. The topological polar surface area (TPSA) is 90.0 Å². The molecule has 2 aromatic carbocycles. The molecule has 31 heavy (non-hydrogen) atoms. The molecule has 1 aliphatic heterocycles. The van der Waals surface area contributed by atoms with E-state index in [0.717, 1.165) is 24.8 Å². The van der Waals surface area contributed by atoms with Crippen LogP contribution in [0.3, 0.4) is 0 Å². The van der Waals surface area contributed by atoms with Crippen molar-refractivity contribution in [2.75, 3.05) is 13.2 Å². The van der Waals surface area contributed by atoms with E-state index in [4.69, 9.17) is 8.92 Å². The maximum atomic E-state index is 12.8. The van der Waals surface area contributed by atoms with Crippen LogP contribution < -0.4 is 4.18 Å². The Balaban J connectivity index is 1.74. The third kappa shape index (κ3) is 5.44. The van der Waals surface area contributed by atoms with Gasteiger partial charge in [-0.25, -0.2) is 4.79 Å². The summed E-state index contributed by atoms with van der Waals surface area (Å²) in [6, 6.07) is 11.0. The molecule has 1 unspecified atom stereocenters. The lowest BCUT2D eigenvalue weighted by Gasteiger charge is -2.33. The number of carbonyl (C=O) groups is 2. The highest BCUT2D eigenvalue weighted by molar-refractivity contribution is 7.87. The Bertz CT molecular complexity index is 1080. The summed E-state index contributed by atoms with van der Waals surface area (Å²) in [6.45, 7) is 5.67. The van der Waals surface area contributed by atoms with Gasteiger partial charge in [-0.1, -0.05) is 24.3 Å². The zero-order valence-corrected chi connectivity index (χ0v) is 18.8. The van der Waals surface area contributed by atoms with Gasteiger partial charge in [-0.3, -0.25) is 4.79 Å².